The normalized spacial score (nSPS) is 11.7. The Balaban J connectivity index is 1.98. The van der Waals surface area contributed by atoms with Crippen molar-refractivity contribution in [3.63, 3.8) is 0 Å². The fraction of sp³-hybridized carbons (Fsp3) is 0.278. The standard InChI is InChI=1S/C18H20N2O2S/c1-3-6-16(21)20-15-10-8-14(9-11-15)18(22)13(2)23-17-7-4-5-12-19-17/h4-5,7-13H,3,6H2,1-2H3,(H,20,21). The lowest BCUT2D eigenvalue weighted by atomic mass is 10.1. The molecular formula is C18H20N2O2S. The number of nitrogens with zero attached hydrogens (tertiary/aromatic N) is 1. The number of aromatic nitrogens is 1. The molecule has 1 unspecified atom stereocenters. The predicted octanol–water partition coefficient (Wildman–Crippen LogP) is 4.18. The lowest BCUT2D eigenvalue weighted by Gasteiger charge is -2.10. The monoisotopic (exact) mass is 328 g/mol. The Morgan fingerprint density at radius 3 is 2.52 bits per heavy atom. The number of nitrogens with one attached hydrogen (secondary N) is 1. The number of pyridine rings is 1. The Morgan fingerprint density at radius 1 is 1.17 bits per heavy atom. The van der Waals surface area contributed by atoms with Gasteiger partial charge in [-0.2, -0.15) is 0 Å². The molecule has 0 bridgehead atoms. The quantitative estimate of drug-likeness (QED) is 0.612. The van der Waals surface area contributed by atoms with Gasteiger partial charge in [-0.3, -0.25) is 9.59 Å². The number of carbonyl (C=O) groups excluding carboxylic acids is 2. The summed E-state index contributed by atoms with van der Waals surface area (Å²) in [5.74, 6) is 0.0396. The number of amides is 1. The molecule has 5 heteroatoms. The number of thioether (sulfide) groups is 1. The number of hydrogen-bond donors (Lipinski definition) is 1. The highest BCUT2D eigenvalue weighted by molar-refractivity contribution is 8.00. The Hall–Kier alpha value is -2.14. The van der Waals surface area contributed by atoms with E-state index < -0.39 is 0 Å². The fourth-order valence-electron chi connectivity index (χ4n) is 2.05. The lowest BCUT2D eigenvalue weighted by molar-refractivity contribution is -0.116. The number of Topliss-reactive ketones (excluding diaryl/α,β-unsaturated/α-hetero) is 1. The van der Waals surface area contributed by atoms with Gasteiger partial charge in [-0.05, 0) is 49.7 Å². The SMILES string of the molecule is CCCC(=O)Nc1ccc(C(=O)C(C)Sc2ccccn2)cc1. The molecule has 2 rings (SSSR count). The Labute approximate surface area is 140 Å². The number of hydrogen-bond acceptors (Lipinski definition) is 4. The van der Waals surface area contributed by atoms with Crippen LogP contribution < -0.4 is 5.32 Å². The Bertz CT molecular complexity index is 656. The second kappa shape index (κ2) is 8.48. The zero-order valence-electron chi connectivity index (χ0n) is 13.3. The first-order valence-electron chi connectivity index (χ1n) is 7.62. The molecular weight excluding hydrogens is 308 g/mol. The third-order valence-corrected chi connectivity index (χ3v) is 4.29. The molecule has 1 atom stereocenters. The minimum absolute atomic E-state index is 0.00866. The van der Waals surface area contributed by atoms with E-state index in [0.717, 1.165) is 11.4 Å². The van der Waals surface area contributed by atoms with Crippen LogP contribution in [0.2, 0.25) is 0 Å². The van der Waals surface area contributed by atoms with Crippen molar-refractivity contribution in [2.24, 2.45) is 0 Å². The molecule has 4 nitrogen and oxygen atoms in total. The van der Waals surface area contributed by atoms with Crippen LogP contribution in [0.4, 0.5) is 5.69 Å². The van der Waals surface area contributed by atoms with Crippen molar-refractivity contribution in [3.05, 3.63) is 54.2 Å². The van der Waals surface area contributed by atoms with Crippen molar-refractivity contribution >= 4 is 29.1 Å². The number of ketones is 1. The largest absolute Gasteiger partial charge is 0.326 e. The van der Waals surface area contributed by atoms with Gasteiger partial charge >= 0.3 is 0 Å². The van der Waals surface area contributed by atoms with Crippen molar-refractivity contribution in [2.75, 3.05) is 5.32 Å². The van der Waals surface area contributed by atoms with Gasteiger partial charge in [0.15, 0.2) is 5.78 Å². The van der Waals surface area contributed by atoms with E-state index >= 15 is 0 Å². The summed E-state index contributed by atoms with van der Waals surface area (Å²) in [5, 5.41) is 3.43. The highest BCUT2D eigenvalue weighted by atomic mass is 32.2. The Morgan fingerprint density at radius 2 is 1.91 bits per heavy atom. The molecule has 1 aromatic carbocycles. The van der Waals surface area contributed by atoms with Crippen molar-refractivity contribution in [2.45, 2.75) is 37.0 Å². The predicted molar refractivity (Wildman–Crippen MR) is 93.9 cm³/mol. The van der Waals surface area contributed by atoms with E-state index in [9.17, 15) is 9.59 Å². The zero-order valence-corrected chi connectivity index (χ0v) is 14.1. The number of benzene rings is 1. The molecule has 0 spiro atoms. The third-order valence-electron chi connectivity index (χ3n) is 3.23. The lowest BCUT2D eigenvalue weighted by Crippen LogP contribution is -2.14. The van der Waals surface area contributed by atoms with Crippen LogP contribution in [0.25, 0.3) is 0 Å². The van der Waals surface area contributed by atoms with Crippen LogP contribution in [0.1, 0.15) is 37.0 Å². The molecule has 0 saturated carbocycles. The molecule has 0 fully saturated rings. The molecule has 0 saturated heterocycles. The summed E-state index contributed by atoms with van der Waals surface area (Å²) >= 11 is 1.44. The molecule has 1 aromatic heterocycles. The minimum Gasteiger partial charge on any atom is -0.326 e. The van der Waals surface area contributed by atoms with Crippen molar-refractivity contribution in [1.82, 2.24) is 4.98 Å². The van der Waals surface area contributed by atoms with Gasteiger partial charge in [0.1, 0.15) is 0 Å². The van der Waals surface area contributed by atoms with E-state index in [4.69, 9.17) is 0 Å². The first-order chi connectivity index (χ1) is 11.1. The highest BCUT2D eigenvalue weighted by Crippen LogP contribution is 2.24. The van der Waals surface area contributed by atoms with E-state index in [1.165, 1.54) is 11.8 Å². The summed E-state index contributed by atoms with van der Waals surface area (Å²) < 4.78 is 0. The van der Waals surface area contributed by atoms with E-state index in [-0.39, 0.29) is 16.9 Å². The zero-order chi connectivity index (χ0) is 16.7. The summed E-state index contributed by atoms with van der Waals surface area (Å²) in [6.07, 6.45) is 3.02. The molecule has 120 valence electrons. The van der Waals surface area contributed by atoms with E-state index in [1.807, 2.05) is 32.0 Å². The maximum absolute atomic E-state index is 12.4. The minimum atomic E-state index is -0.217. The van der Waals surface area contributed by atoms with Gasteiger partial charge in [0.2, 0.25) is 5.91 Å². The van der Waals surface area contributed by atoms with E-state index in [1.54, 1.807) is 30.5 Å². The number of carbonyl (C=O) groups is 2. The first kappa shape index (κ1) is 17.2. The smallest absolute Gasteiger partial charge is 0.224 e. The van der Waals surface area contributed by atoms with Gasteiger partial charge in [0.25, 0.3) is 0 Å². The molecule has 1 heterocycles. The van der Waals surface area contributed by atoms with Crippen molar-refractivity contribution in [1.29, 1.82) is 0 Å². The summed E-state index contributed by atoms with van der Waals surface area (Å²) in [7, 11) is 0. The summed E-state index contributed by atoms with van der Waals surface area (Å²) in [5.41, 5.74) is 1.35. The highest BCUT2D eigenvalue weighted by Gasteiger charge is 2.17. The molecule has 23 heavy (non-hydrogen) atoms. The molecule has 2 aromatic rings. The Kier molecular flexibility index (Phi) is 6.35. The molecule has 0 aliphatic rings. The molecule has 1 amide bonds. The molecule has 1 N–H and O–H groups in total. The van der Waals surface area contributed by atoms with Crippen LogP contribution in [0.15, 0.2) is 53.7 Å². The van der Waals surface area contributed by atoms with E-state index in [0.29, 0.717) is 17.7 Å². The maximum Gasteiger partial charge on any atom is 0.224 e. The number of rotatable bonds is 7. The van der Waals surface area contributed by atoms with Crippen LogP contribution in [-0.2, 0) is 4.79 Å². The molecule has 0 aliphatic heterocycles. The average Bonchev–Trinajstić information content (AvgIpc) is 2.56. The van der Waals surface area contributed by atoms with Gasteiger partial charge in [-0.15, -0.1) is 0 Å². The van der Waals surface area contributed by atoms with Gasteiger partial charge < -0.3 is 5.32 Å². The van der Waals surface area contributed by atoms with Gasteiger partial charge in [0.05, 0.1) is 10.3 Å². The van der Waals surface area contributed by atoms with Crippen LogP contribution >= 0.6 is 11.8 Å². The van der Waals surface area contributed by atoms with Crippen LogP contribution in [0, 0.1) is 0 Å². The average molecular weight is 328 g/mol. The van der Waals surface area contributed by atoms with Crippen molar-refractivity contribution < 1.29 is 9.59 Å². The summed E-state index contributed by atoms with van der Waals surface area (Å²) in [4.78, 5) is 28.2. The van der Waals surface area contributed by atoms with Crippen LogP contribution in [-0.4, -0.2) is 21.9 Å². The molecule has 0 aliphatic carbocycles. The third kappa shape index (κ3) is 5.21. The maximum atomic E-state index is 12.4. The summed E-state index contributed by atoms with van der Waals surface area (Å²) in [6.45, 7) is 3.83. The fourth-order valence-corrected chi connectivity index (χ4v) is 2.94. The second-order valence-electron chi connectivity index (χ2n) is 5.17. The second-order valence-corrected chi connectivity index (χ2v) is 6.53. The molecule has 0 radical (unpaired) electrons. The summed E-state index contributed by atoms with van der Waals surface area (Å²) in [6, 6.07) is 12.7. The first-order valence-corrected chi connectivity index (χ1v) is 8.50. The van der Waals surface area contributed by atoms with E-state index in [2.05, 4.69) is 10.3 Å². The number of anilines is 1. The van der Waals surface area contributed by atoms with Gasteiger partial charge in [-0.25, -0.2) is 4.98 Å². The van der Waals surface area contributed by atoms with Gasteiger partial charge in [0, 0.05) is 23.9 Å². The van der Waals surface area contributed by atoms with Crippen molar-refractivity contribution in [3.8, 4) is 0 Å². The van der Waals surface area contributed by atoms with Gasteiger partial charge in [-0.1, -0.05) is 24.8 Å². The van der Waals surface area contributed by atoms with Crippen LogP contribution in [0.3, 0.4) is 0 Å². The topological polar surface area (TPSA) is 59.1 Å². The van der Waals surface area contributed by atoms with Crippen LogP contribution in [0.5, 0.6) is 0 Å².